The second-order valence-electron chi connectivity index (χ2n) is 5.25. The first kappa shape index (κ1) is 18.9. The summed E-state index contributed by atoms with van der Waals surface area (Å²) in [6.45, 7) is 9.49. The van der Waals surface area contributed by atoms with Crippen molar-refractivity contribution in [1.82, 2.24) is 9.13 Å². The SMILES string of the molecule is C=CCOC(=O)c1sc2c(c1C)c(=O)n(CC=C)c(=O)n2CCOC. The molecule has 0 aliphatic heterocycles. The van der Waals surface area contributed by atoms with E-state index in [-0.39, 0.29) is 19.7 Å². The maximum Gasteiger partial charge on any atom is 0.348 e. The van der Waals surface area contributed by atoms with Crippen LogP contribution < -0.4 is 11.2 Å². The van der Waals surface area contributed by atoms with Crippen LogP contribution in [0.2, 0.25) is 0 Å². The van der Waals surface area contributed by atoms with Crippen molar-refractivity contribution in [2.45, 2.75) is 20.0 Å². The molecule has 0 fully saturated rings. The minimum Gasteiger partial charge on any atom is -0.457 e. The Morgan fingerprint density at radius 2 is 1.96 bits per heavy atom. The summed E-state index contributed by atoms with van der Waals surface area (Å²) in [4.78, 5) is 38.4. The molecule has 8 heteroatoms. The second kappa shape index (κ2) is 8.09. The van der Waals surface area contributed by atoms with Crippen LogP contribution in [0.3, 0.4) is 0 Å². The summed E-state index contributed by atoms with van der Waals surface area (Å²) in [5, 5.41) is 0.341. The molecule has 0 amide bonds. The number of carbonyl (C=O) groups excluding carboxylic acids is 1. The van der Waals surface area contributed by atoms with Crippen LogP contribution in [0.1, 0.15) is 15.2 Å². The molecule has 0 aliphatic rings. The molecule has 0 aromatic carbocycles. The maximum absolute atomic E-state index is 12.7. The van der Waals surface area contributed by atoms with Crippen molar-refractivity contribution in [3.05, 3.63) is 56.6 Å². The van der Waals surface area contributed by atoms with Crippen molar-refractivity contribution in [2.75, 3.05) is 20.3 Å². The van der Waals surface area contributed by atoms with E-state index in [0.29, 0.717) is 27.3 Å². The number of methoxy groups -OCH3 is 1. The Balaban J connectivity index is 2.78. The number of fused-ring (bicyclic) bond motifs is 1. The lowest BCUT2D eigenvalue weighted by atomic mass is 10.2. The lowest BCUT2D eigenvalue weighted by Gasteiger charge is -2.10. The summed E-state index contributed by atoms with van der Waals surface area (Å²) < 4.78 is 12.7. The van der Waals surface area contributed by atoms with Gasteiger partial charge in [-0.05, 0) is 12.5 Å². The van der Waals surface area contributed by atoms with Gasteiger partial charge in [0.15, 0.2) is 0 Å². The van der Waals surface area contributed by atoms with Gasteiger partial charge in [-0.25, -0.2) is 9.59 Å². The van der Waals surface area contributed by atoms with E-state index in [0.717, 1.165) is 15.9 Å². The van der Waals surface area contributed by atoms with E-state index >= 15 is 0 Å². The van der Waals surface area contributed by atoms with Crippen LogP contribution in [0.5, 0.6) is 0 Å². The van der Waals surface area contributed by atoms with E-state index in [4.69, 9.17) is 9.47 Å². The molecule has 2 rings (SSSR count). The molecular formula is C17H20N2O5S. The fraction of sp³-hybridized carbons (Fsp3) is 0.353. The zero-order chi connectivity index (χ0) is 18.6. The number of ether oxygens (including phenoxy) is 2. The Morgan fingerprint density at radius 3 is 2.56 bits per heavy atom. The van der Waals surface area contributed by atoms with Crippen LogP contribution in [-0.4, -0.2) is 35.4 Å². The van der Waals surface area contributed by atoms with Gasteiger partial charge >= 0.3 is 11.7 Å². The number of esters is 1. The van der Waals surface area contributed by atoms with Gasteiger partial charge in [0, 0.05) is 13.7 Å². The van der Waals surface area contributed by atoms with E-state index in [1.165, 1.54) is 23.8 Å². The van der Waals surface area contributed by atoms with Gasteiger partial charge in [-0.3, -0.25) is 13.9 Å². The molecule has 0 bridgehead atoms. The number of aryl methyl sites for hydroxylation is 1. The van der Waals surface area contributed by atoms with E-state index in [1.807, 2.05) is 0 Å². The van der Waals surface area contributed by atoms with Crippen LogP contribution in [0.25, 0.3) is 10.2 Å². The van der Waals surface area contributed by atoms with Crippen LogP contribution in [0.4, 0.5) is 0 Å². The van der Waals surface area contributed by atoms with Gasteiger partial charge in [-0.2, -0.15) is 0 Å². The number of allylic oxidation sites excluding steroid dienone is 1. The highest BCUT2D eigenvalue weighted by molar-refractivity contribution is 7.20. The molecule has 2 heterocycles. The van der Waals surface area contributed by atoms with Gasteiger partial charge in [0.1, 0.15) is 16.3 Å². The summed E-state index contributed by atoms with van der Waals surface area (Å²) in [6, 6.07) is 0. The van der Waals surface area contributed by atoms with Crippen LogP contribution in [0.15, 0.2) is 34.9 Å². The van der Waals surface area contributed by atoms with Crippen LogP contribution in [-0.2, 0) is 22.6 Å². The Hall–Kier alpha value is -2.45. The summed E-state index contributed by atoms with van der Waals surface area (Å²) in [6.07, 6.45) is 2.95. The van der Waals surface area contributed by atoms with Crippen molar-refractivity contribution in [3.8, 4) is 0 Å². The summed E-state index contributed by atoms with van der Waals surface area (Å²) >= 11 is 1.07. The lowest BCUT2D eigenvalue weighted by Crippen LogP contribution is -2.40. The number of thiophene rings is 1. The Kier molecular flexibility index (Phi) is 6.11. The molecule has 0 saturated heterocycles. The van der Waals surface area contributed by atoms with Gasteiger partial charge in [0.25, 0.3) is 5.56 Å². The third kappa shape index (κ3) is 3.49. The third-order valence-electron chi connectivity index (χ3n) is 3.64. The summed E-state index contributed by atoms with van der Waals surface area (Å²) in [7, 11) is 1.53. The highest BCUT2D eigenvalue weighted by Gasteiger charge is 2.23. The number of carbonyl (C=O) groups is 1. The van der Waals surface area contributed by atoms with Crippen molar-refractivity contribution in [3.63, 3.8) is 0 Å². The smallest absolute Gasteiger partial charge is 0.348 e. The number of rotatable bonds is 8. The maximum atomic E-state index is 12.7. The average molecular weight is 364 g/mol. The highest BCUT2D eigenvalue weighted by atomic mass is 32.1. The average Bonchev–Trinajstić information content (AvgIpc) is 2.94. The molecule has 0 spiro atoms. The number of nitrogens with zero attached hydrogens (tertiary/aromatic N) is 2. The quantitative estimate of drug-likeness (QED) is 0.526. The van der Waals surface area contributed by atoms with E-state index in [9.17, 15) is 14.4 Å². The molecular weight excluding hydrogens is 344 g/mol. The molecule has 0 N–H and O–H groups in total. The summed E-state index contributed by atoms with van der Waals surface area (Å²) in [5.74, 6) is -0.543. The third-order valence-corrected chi connectivity index (χ3v) is 4.94. The van der Waals surface area contributed by atoms with Gasteiger partial charge < -0.3 is 9.47 Å². The van der Waals surface area contributed by atoms with Crippen molar-refractivity contribution < 1.29 is 14.3 Å². The first-order chi connectivity index (χ1) is 12.0. The van der Waals surface area contributed by atoms with E-state index in [2.05, 4.69) is 13.2 Å². The van der Waals surface area contributed by atoms with Crippen LogP contribution in [0, 0.1) is 6.92 Å². The minimum absolute atomic E-state index is 0.0731. The molecule has 0 aliphatic carbocycles. The molecule has 0 unspecified atom stereocenters. The lowest BCUT2D eigenvalue weighted by molar-refractivity contribution is 0.0555. The molecule has 0 atom stereocenters. The fourth-order valence-corrected chi connectivity index (χ4v) is 3.67. The molecule has 7 nitrogen and oxygen atoms in total. The summed E-state index contributed by atoms with van der Waals surface area (Å²) in [5.41, 5.74) is -0.394. The topological polar surface area (TPSA) is 79.5 Å². The zero-order valence-electron chi connectivity index (χ0n) is 14.2. The molecule has 0 saturated carbocycles. The highest BCUT2D eigenvalue weighted by Crippen LogP contribution is 2.28. The molecule has 134 valence electrons. The van der Waals surface area contributed by atoms with Gasteiger partial charge in [0.05, 0.1) is 18.5 Å². The van der Waals surface area contributed by atoms with Crippen LogP contribution >= 0.6 is 11.3 Å². The molecule has 0 radical (unpaired) electrons. The second-order valence-corrected chi connectivity index (χ2v) is 6.25. The Morgan fingerprint density at radius 1 is 1.24 bits per heavy atom. The van der Waals surface area contributed by atoms with Gasteiger partial charge in [0.2, 0.25) is 0 Å². The zero-order valence-corrected chi connectivity index (χ0v) is 15.1. The minimum atomic E-state index is -0.543. The molecule has 25 heavy (non-hydrogen) atoms. The Bertz CT molecular complexity index is 935. The fourth-order valence-electron chi connectivity index (χ4n) is 2.46. The first-order valence-corrected chi connectivity index (χ1v) is 8.44. The van der Waals surface area contributed by atoms with E-state index < -0.39 is 17.2 Å². The van der Waals surface area contributed by atoms with Gasteiger partial charge in [-0.15, -0.1) is 17.9 Å². The van der Waals surface area contributed by atoms with Crippen molar-refractivity contribution in [2.24, 2.45) is 0 Å². The van der Waals surface area contributed by atoms with Crippen molar-refractivity contribution >= 4 is 27.5 Å². The van der Waals surface area contributed by atoms with Gasteiger partial charge in [-0.1, -0.05) is 18.7 Å². The molecule has 2 aromatic heterocycles. The predicted molar refractivity (Wildman–Crippen MR) is 97.6 cm³/mol. The number of hydrogen-bond donors (Lipinski definition) is 0. The standard InChI is InChI=1S/C17H20N2O5S/c1-5-7-18-14(20)12-11(3)13(16(21)24-9-6-2)25-15(12)19(17(18)22)8-10-23-4/h5-6H,1-2,7-10H2,3-4H3. The van der Waals surface area contributed by atoms with E-state index in [1.54, 1.807) is 6.92 Å². The number of aromatic nitrogens is 2. The Labute approximate surface area is 148 Å². The largest absolute Gasteiger partial charge is 0.457 e. The molecule has 2 aromatic rings. The van der Waals surface area contributed by atoms with Crippen molar-refractivity contribution in [1.29, 1.82) is 0 Å². The first-order valence-electron chi connectivity index (χ1n) is 7.62. The normalized spacial score (nSPS) is 10.8. The predicted octanol–water partition coefficient (Wildman–Crippen LogP) is 1.71. The number of hydrogen-bond acceptors (Lipinski definition) is 6. The monoisotopic (exact) mass is 364 g/mol.